The summed E-state index contributed by atoms with van der Waals surface area (Å²) in [7, 11) is 0. The lowest BCUT2D eigenvalue weighted by atomic mass is 9.98. The molecule has 0 aromatic heterocycles. The van der Waals surface area contributed by atoms with E-state index < -0.39 is 5.97 Å². The fourth-order valence-corrected chi connectivity index (χ4v) is 3.58. The lowest BCUT2D eigenvalue weighted by Gasteiger charge is -2.09. The van der Waals surface area contributed by atoms with Gasteiger partial charge in [0.05, 0.1) is 5.56 Å². The molecule has 3 nitrogen and oxygen atoms in total. The molecule has 1 aromatic rings. The molecule has 0 aliphatic rings. The molecule has 1 rings (SSSR count). The van der Waals surface area contributed by atoms with Gasteiger partial charge in [-0.15, -0.1) is 0 Å². The van der Waals surface area contributed by atoms with Crippen LogP contribution in [-0.4, -0.2) is 11.1 Å². The second kappa shape index (κ2) is 14.6. The molecule has 0 fully saturated rings. The van der Waals surface area contributed by atoms with Crippen LogP contribution in [-0.2, 0) is 6.42 Å². The summed E-state index contributed by atoms with van der Waals surface area (Å²) >= 11 is 0. The first-order valence-electron chi connectivity index (χ1n) is 10.8. The van der Waals surface area contributed by atoms with E-state index in [1.165, 1.54) is 77.0 Å². The number of hydrogen-bond donors (Lipinski definition) is 2. The third-order valence-electron chi connectivity index (χ3n) is 5.22. The Hall–Kier alpha value is -1.51. The number of carbonyl (C=O) groups is 1. The Morgan fingerprint density at radius 2 is 1.27 bits per heavy atom. The molecule has 26 heavy (non-hydrogen) atoms. The van der Waals surface area contributed by atoms with E-state index in [0.717, 1.165) is 24.8 Å². The summed E-state index contributed by atoms with van der Waals surface area (Å²) in [6.07, 6.45) is 19.4. The fraction of sp³-hybridized carbons (Fsp3) is 0.696. The van der Waals surface area contributed by atoms with Crippen LogP contribution < -0.4 is 5.73 Å². The smallest absolute Gasteiger partial charge is 0.336 e. The SMILES string of the molecule is CCCCCCCCCCCCCCCCc1c(N)cccc1C(=O)O. The van der Waals surface area contributed by atoms with Crippen molar-refractivity contribution < 1.29 is 9.90 Å². The molecule has 0 unspecified atom stereocenters. The molecule has 0 saturated carbocycles. The number of carboxylic acid groups (broad SMARTS) is 1. The minimum Gasteiger partial charge on any atom is -0.478 e. The van der Waals surface area contributed by atoms with E-state index in [4.69, 9.17) is 5.73 Å². The number of nitrogen functional groups attached to an aromatic ring is 1. The molecular formula is C23H39NO2. The van der Waals surface area contributed by atoms with Crippen molar-refractivity contribution in [1.29, 1.82) is 0 Å². The van der Waals surface area contributed by atoms with Gasteiger partial charge in [0.2, 0.25) is 0 Å². The topological polar surface area (TPSA) is 63.3 Å². The Bertz CT molecular complexity index is 499. The maximum atomic E-state index is 11.3. The van der Waals surface area contributed by atoms with E-state index in [1.54, 1.807) is 18.2 Å². The molecule has 0 spiro atoms. The highest BCUT2D eigenvalue weighted by molar-refractivity contribution is 5.91. The van der Waals surface area contributed by atoms with Gasteiger partial charge < -0.3 is 10.8 Å². The zero-order valence-corrected chi connectivity index (χ0v) is 16.8. The number of anilines is 1. The first kappa shape index (κ1) is 22.5. The second-order valence-electron chi connectivity index (χ2n) is 7.52. The van der Waals surface area contributed by atoms with Crippen LogP contribution in [0.3, 0.4) is 0 Å². The van der Waals surface area contributed by atoms with Gasteiger partial charge in [-0.3, -0.25) is 0 Å². The molecule has 1 aromatic carbocycles. The van der Waals surface area contributed by atoms with Gasteiger partial charge in [-0.25, -0.2) is 4.79 Å². The molecular weight excluding hydrogens is 322 g/mol. The Labute approximate surface area is 160 Å². The first-order chi connectivity index (χ1) is 12.7. The van der Waals surface area contributed by atoms with Crippen molar-refractivity contribution in [3.05, 3.63) is 29.3 Å². The molecule has 0 amide bonds. The van der Waals surface area contributed by atoms with E-state index in [2.05, 4.69) is 6.92 Å². The van der Waals surface area contributed by atoms with Crippen molar-refractivity contribution in [2.45, 2.75) is 103 Å². The number of nitrogens with two attached hydrogens (primary N) is 1. The highest BCUT2D eigenvalue weighted by atomic mass is 16.4. The first-order valence-corrected chi connectivity index (χ1v) is 10.8. The highest BCUT2D eigenvalue weighted by Crippen LogP contribution is 2.21. The van der Waals surface area contributed by atoms with Crippen LogP contribution in [0.4, 0.5) is 5.69 Å². The summed E-state index contributed by atoms with van der Waals surface area (Å²) < 4.78 is 0. The minimum absolute atomic E-state index is 0.361. The molecule has 0 saturated heterocycles. The zero-order chi connectivity index (χ0) is 19.0. The molecule has 0 bridgehead atoms. The normalized spacial score (nSPS) is 11.0. The summed E-state index contributed by atoms with van der Waals surface area (Å²) in [6.45, 7) is 2.27. The molecule has 3 heteroatoms. The predicted molar refractivity (Wildman–Crippen MR) is 112 cm³/mol. The maximum absolute atomic E-state index is 11.3. The van der Waals surface area contributed by atoms with Gasteiger partial charge in [0, 0.05) is 5.69 Å². The second-order valence-corrected chi connectivity index (χ2v) is 7.52. The summed E-state index contributed by atoms with van der Waals surface area (Å²) in [5, 5.41) is 9.25. The lowest BCUT2D eigenvalue weighted by molar-refractivity contribution is 0.0695. The van der Waals surface area contributed by atoms with E-state index in [9.17, 15) is 9.90 Å². The van der Waals surface area contributed by atoms with Crippen LogP contribution in [0.15, 0.2) is 18.2 Å². The van der Waals surface area contributed by atoms with Crippen LogP contribution >= 0.6 is 0 Å². The number of rotatable bonds is 16. The summed E-state index contributed by atoms with van der Waals surface area (Å²) in [5.41, 5.74) is 7.73. The highest BCUT2D eigenvalue weighted by Gasteiger charge is 2.11. The Morgan fingerprint density at radius 1 is 0.808 bits per heavy atom. The fourth-order valence-electron chi connectivity index (χ4n) is 3.58. The third kappa shape index (κ3) is 9.84. The maximum Gasteiger partial charge on any atom is 0.336 e. The molecule has 0 atom stereocenters. The van der Waals surface area contributed by atoms with Crippen LogP contribution in [0.1, 0.15) is 113 Å². The molecule has 0 aliphatic carbocycles. The van der Waals surface area contributed by atoms with E-state index in [-0.39, 0.29) is 0 Å². The Kier molecular flexibility index (Phi) is 12.7. The van der Waals surface area contributed by atoms with Crippen molar-refractivity contribution in [1.82, 2.24) is 0 Å². The largest absolute Gasteiger partial charge is 0.478 e. The van der Waals surface area contributed by atoms with Crippen molar-refractivity contribution in [3.8, 4) is 0 Å². The predicted octanol–water partition coefficient (Wildman–Crippen LogP) is 6.99. The third-order valence-corrected chi connectivity index (χ3v) is 5.22. The molecule has 148 valence electrons. The summed E-state index contributed by atoms with van der Waals surface area (Å²) in [5.74, 6) is -0.877. The summed E-state index contributed by atoms with van der Waals surface area (Å²) in [4.78, 5) is 11.3. The van der Waals surface area contributed by atoms with Crippen molar-refractivity contribution in [2.24, 2.45) is 0 Å². The van der Waals surface area contributed by atoms with E-state index in [0.29, 0.717) is 11.3 Å². The quantitative estimate of drug-likeness (QED) is 0.246. The lowest BCUT2D eigenvalue weighted by Crippen LogP contribution is -2.06. The van der Waals surface area contributed by atoms with Crippen LogP contribution in [0.2, 0.25) is 0 Å². The summed E-state index contributed by atoms with van der Waals surface area (Å²) in [6, 6.07) is 5.16. The minimum atomic E-state index is -0.877. The van der Waals surface area contributed by atoms with Crippen molar-refractivity contribution in [2.75, 3.05) is 5.73 Å². The zero-order valence-electron chi connectivity index (χ0n) is 16.8. The number of benzene rings is 1. The number of unbranched alkanes of at least 4 members (excludes halogenated alkanes) is 13. The van der Waals surface area contributed by atoms with Gasteiger partial charge >= 0.3 is 5.97 Å². The van der Waals surface area contributed by atoms with Gasteiger partial charge in [-0.1, -0.05) is 96.5 Å². The average Bonchev–Trinajstić information content (AvgIpc) is 2.62. The van der Waals surface area contributed by atoms with Gasteiger partial charge in [0.1, 0.15) is 0 Å². The number of carboxylic acids is 1. The molecule has 3 N–H and O–H groups in total. The monoisotopic (exact) mass is 361 g/mol. The van der Waals surface area contributed by atoms with E-state index >= 15 is 0 Å². The van der Waals surface area contributed by atoms with Gasteiger partial charge in [-0.2, -0.15) is 0 Å². The standard InChI is InChI=1S/C23H39NO2/c1-2-3-4-5-6-7-8-9-10-11-12-13-14-15-17-20-21(23(25)26)18-16-19-22(20)24/h16,18-19H,2-15,17,24H2,1H3,(H,25,26). The van der Waals surface area contributed by atoms with Gasteiger partial charge in [0.15, 0.2) is 0 Å². The molecule has 0 heterocycles. The molecule has 0 aliphatic heterocycles. The van der Waals surface area contributed by atoms with Crippen LogP contribution in [0, 0.1) is 0 Å². The van der Waals surface area contributed by atoms with E-state index in [1.807, 2.05) is 0 Å². The Balaban J connectivity index is 1.98. The van der Waals surface area contributed by atoms with Crippen molar-refractivity contribution in [3.63, 3.8) is 0 Å². The van der Waals surface area contributed by atoms with Gasteiger partial charge in [0.25, 0.3) is 0 Å². The van der Waals surface area contributed by atoms with Crippen LogP contribution in [0.5, 0.6) is 0 Å². The number of aromatic carboxylic acids is 1. The average molecular weight is 362 g/mol. The Morgan fingerprint density at radius 3 is 1.73 bits per heavy atom. The van der Waals surface area contributed by atoms with Gasteiger partial charge in [-0.05, 0) is 30.5 Å². The molecule has 0 radical (unpaired) electrons. The van der Waals surface area contributed by atoms with Crippen molar-refractivity contribution >= 4 is 11.7 Å². The van der Waals surface area contributed by atoms with Crippen LogP contribution in [0.25, 0.3) is 0 Å². The number of hydrogen-bond acceptors (Lipinski definition) is 2.